The minimum absolute atomic E-state index is 0.0134. The number of carbonyl (C=O) groups excluding carboxylic acids is 1. The zero-order valence-corrected chi connectivity index (χ0v) is 9.03. The molecule has 0 atom stereocenters. The van der Waals surface area contributed by atoms with Crippen molar-refractivity contribution in [3.63, 3.8) is 0 Å². The first-order valence-corrected chi connectivity index (χ1v) is 4.97. The number of nitrogens with zero attached hydrogens (tertiary/aromatic N) is 1. The van der Waals surface area contributed by atoms with Crippen molar-refractivity contribution in [2.24, 2.45) is 0 Å². The highest BCUT2D eigenvalue weighted by Crippen LogP contribution is 1.91. The second-order valence-electron chi connectivity index (χ2n) is 3.34. The number of aromatic nitrogens is 1. The van der Waals surface area contributed by atoms with Crippen LogP contribution >= 0.6 is 0 Å². The van der Waals surface area contributed by atoms with Crippen molar-refractivity contribution in [2.45, 2.75) is 26.8 Å². The molecule has 0 aliphatic rings. The SMILES string of the molecule is CCCOC(=O)Cn1cccc(C)c1=O. The summed E-state index contributed by atoms with van der Waals surface area (Å²) in [6.07, 6.45) is 2.37. The van der Waals surface area contributed by atoms with Gasteiger partial charge in [-0.3, -0.25) is 9.59 Å². The fourth-order valence-electron chi connectivity index (χ4n) is 1.18. The van der Waals surface area contributed by atoms with E-state index in [4.69, 9.17) is 4.74 Å². The molecule has 1 heterocycles. The van der Waals surface area contributed by atoms with Gasteiger partial charge in [0.25, 0.3) is 5.56 Å². The second kappa shape index (κ2) is 5.34. The fourth-order valence-corrected chi connectivity index (χ4v) is 1.18. The number of ether oxygens (including phenoxy) is 1. The highest BCUT2D eigenvalue weighted by Gasteiger charge is 2.05. The zero-order chi connectivity index (χ0) is 11.3. The molecule has 82 valence electrons. The van der Waals surface area contributed by atoms with E-state index in [9.17, 15) is 9.59 Å². The first-order valence-electron chi connectivity index (χ1n) is 4.97. The standard InChI is InChI=1S/C11H15NO3/c1-3-7-15-10(13)8-12-6-4-5-9(2)11(12)14/h4-6H,3,7-8H2,1-2H3. The summed E-state index contributed by atoms with van der Waals surface area (Å²) in [5, 5.41) is 0. The molecule has 0 saturated heterocycles. The summed E-state index contributed by atoms with van der Waals surface area (Å²) in [6.45, 7) is 4.03. The van der Waals surface area contributed by atoms with E-state index in [1.807, 2.05) is 6.92 Å². The number of hydrogen-bond donors (Lipinski definition) is 0. The summed E-state index contributed by atoms with van der Waals surface area (Å²) >= 11 is 0. The summed E-state index contributed by atoms with van der Waals surface area (Å²) in [5.41, 5.74) is 0.478. The molecular weight excluding hydrogens is 194 g/mol. The quantitative estimate of drug-likeness (QED) is 0.698. The Balaban J connectivity index is 2.69. The van der Waals surface area contributed by atoms with E-state index in [1.165, 1.54) is 4.57 Å². The van der Waals surface area contributed by atoms with E-state index in [0.717, 1.165) is 6.42 Å². The lowest BCUT2D eigenvalue weighted by atomic mass is 10.3. The van der Waals surface area contributed by atoms with Crippen LogP contribution in [0.15, 0.2) is 23.1 Å². The predicted octanol–water partition coefficient (Wildman–Crippen LogP) is 1.11. The van der Waals surface area contributed by atoms with Crippen LogP contribution in [-0.4, -0.2) is 17.1 Å². The number of pyridine rings is 1. The number of hydrogen-bond acceptors (Lipinski definition) is 3. The average Bonchev–Trinajstić information content (AvgIpc) is 2.22. The molecule has 1 rings (SSSR count). The smallest absolute Gasteiger partial charge is 0.326 e. The Hall–Kier alpha value is -1.58. The highest BCUT2D eigenvalue weighted by molar-refractivity contribution is 5.69. The van der Waals surface area contributed by atoms with E-state index in [1.54, 1.807) is 25.3 Å². The molecule has 0 radical (unpaired) electrons. The van der Waals surface area contributed by atoms with E-state index >= 15 is 0 Å². The van der Waals surface area contributed by atoms with Crippen molar-refractivity contribution < 1.29 is 9.53 Å². The van der Waals surface area contributed by atoms with Gasteiger partial charge >= 0.3 is 5.97 Å². The van der Waals surface area contributed by atoms with Gasteiger partial charge in [0.2, 0.25) is 0 Å². The van der Waals surface area contributed by atoms with Gasteiger partial charge in [-0.2, -0.15) is 0 Å². The molecule has 15 heavy (non-hydrogen) atoms. The lowest BCUT2D eigenvalue weighted by Crippen LogP contribution is -2.26. The summed E-state index contributed by atoms with van der Waals surface area (Å²) in [5.74, 6) is -0.371. The third-order valence-corrected chi connectivity index (χ3v) is 1.98. The van der Waals surface area contributed by atoms with Gasteiger partial charge in [-0.05, 0) is 19.4 Å². The lowest BCUT2D eigenvalue weighted by molar-refractivity contribution is -0.144. The normalized spacial score (nSPS) is 10.0. The summed E-state index contributed by atoms with van der Waals surface area (Å²) in [4.78, 5) is 22.8. The highest BCUT2D eigenvalue weighted by atomic mass is 16.5. The van der Waals surface area contributed by atoms with Gasteiger partial charge in [-0.25, -0.2) is 0 Å². The number of aryl methyl sites for hydroxylation is 1. The Morgan fingerprint density at radius 3 is 2.93 bits per heavy atom. The van der Waals surface area contributed by atoms with E-state index in [2.05, 4.69) is 0 Å². The Kier molecular flexibility index (Phi) is 4.09. The maximum absolute atomic E-state index is 11.5. The molecule has 4 nitrogen and oxygen atoms in total. The predicted molar refractivity (Wildman–Crippen MR) is 56.7 cm³/mol. The summed E-state index contributed by atoms with van der Waals surface area (Å²) < 4.78 is 6.25. The molecule has 0 aliphatic carbocycles. The first-order chi connectivity index (χ1) is 7.15. The van der Waals surface area contributed by atoms with Crippen LogP contribution in [0.1, 0.15) is 18.9 Å². The molecule has 1 aromatic heterocycles. The molecule has 0 aliphatic heterocycles. The lowest BCUT2D eigenvalue weighted by Gasteiger charge is -2.06. The molecule has 0 aromatic carbocycles. The van der Waals surface area contributed by atoms with Gasteiger partial charge in [0.15, 0.2) is 0 Å². The van der Waals surface area contributed by atoms with E-state index < -0.39 is 0 Å². The average molecular weight is 209 g/mol. The second-order valence-corrected chi connectivity index (χ2v) is 3.34. The van der Waals surface area contributed by atoms with Crippen LogP contribution in [0.5, 0.6) is 0 Å². The maximum Gasteiger partial charge on any atom is 0.326 e. The molecule has 0 saturated carbocycles. The minimum atomic E-state index is -0.371. The number of esters is 1. The van der Waals surface area contributed by atoms with Crippen molar-refractivity contribution in [3.8, 4) is 0 Å². The molecule has 0 bridgehead atoms. The largest absolute Gasteiger partial charge is 0.464 e. The third kappa shape index (κ3) is 3.23. The van der Waals surface area contributed by atoms with Crippen LogP contribution in [0.25, 0.3) is 0 Å². The maximum atomic E-state index is 11.5. The molecule has 0 spiro atoms. The fraction of sp³-hybridized carbons (Fsp3) is 0.455. The van der Waals surface area contributed by atoms with Gasteiger partial charge in [-0.15, -0.1) is 0 Å². The first kappa shape index (κ1) is 11.5. The summed E-state index contributed by atoms with van der Waals surface area (Å²) in [7, 11) is 0. The van der Waals surface area contributed by atoms with E-state index in [0.29, 0.717) is 12.2 Å². The third-order valence-electron chi connectivity index (χ3n) is 1.98. The van der Waals surface area contributed by atoms with Gasteiger partial charge in [-0.1, -0.05) is 13.0 Å². The molecule has 0 amide bonds. The van der Waals surface area contributed by atoms with Gasteiger partial charge in [0.1, 0.15) is 6.54 Å². The van der Waals surface area contributed by atoms with E-state index in [-0.39, 0.29) is 18.1 Å². The Bertz CT molecular complexity index is 395. The Morgan fingerprint density at radius 1 is 1.53 bits per heavy atom. The topological polar surface area (TPSA) is 48.3 Å². The molecular formula is C11H15NO3. The molecule has 4 heteroatoms. The Labute approximate surface area is 88.5 Å². The monoisotopic (exact) mass is 209 g/mol. The Morgan fingerprint density at radius 2 is 2.27 bits per heavy atom. The molecule has 0 N–H and O–H groups in total. The zero-order valence-electron chi connectivity index (χ0n) is 9.03. The molecule has 1 aromatic rings. The number of rotatable bonds is 4. The summed E-state index contributed by atoms with van der Waals surface area (Å²) in [6, 6.07) is 3.46. The van der Waals surface area contributed by atoms with Crippen molar-refractivity contribution in [3.05, 3.63) is 34.2 Å². The minimum Gasteiger partial charge on any atom is -0.464 e. The number of carbonyl (C=O) groups is 1. The van der Waals surface area contributed by atoms with Crippen LogP contribution in [-0.2, 0) is 16.1 Å². The van der Waals surface area contributed by atoms with Crippen LogP contribution in [0.2, 0.25) is 0 Å². The van der Waals surface area contributed by atoms with Gasteiger partial charge < -0.3 is 9.30 Å². The van der Waals surface area contributed by atoms with Crippen molar-refractivity contribution in [1.29, 1.82) is 0 Å². The van der Waals surface area contributed by atoms with Crippen LogP contribution < -0.4 is 5.56 Å². The van der Waals surface area contributed by atoms with Crippen LogP contribution in [0, 0.1) is 6.92 Å². The van der Waals surface area contributed by atoms with Crippen molar-refractivity contribution >= 4 is 5.97 Å². The molecule has 0 unspecified atom stereocenters. The van der Waals surface area contributed by atoms with Crippen molar-refractivity contribution in [1.82, 2.24) is 4.57 Å². The molecule has 0 fully saturated rings. The van der Waals surface area contributed by atoms with Crippen LogP contribution in [0.4, 0.5) is 0 Å². The van der Waals surface area contributed by atoms with Crippen LogP contribution in [0.3, 0.4) is 0 Å². The van der Waals surface area contributed by atoms with Crippen molar-refractivity contribution in [2.75, 3.05) is 6.61 Å². The van der Waals surface area contributed by atoms with Gasteiger partial charge in [0, 0.05) is 11.8 Å². The van der Waals surface area contributed by atoms with Gasteiger partial charge in [0.05, 0.1) is 6.61 Å².